The summed E-state index contributed by atoms with van der Waals surface area (Å²) in [6.45, 7) is 3.12. The quantitative estimate of drug-likeness (QED) is 0.488. The van der Waals surface area contributed by atoms with Gasteiger partial charge in [-0.15, -0.1) is 11.3 Å². The highest BCUT2D eigenvalue weighted by Crippen LogP contribution is 2.47. The van der Waals surface area contributed by atoms with Crippen LogP contribution >= 0.6 is 23.1 Å². The Morgan fingerprint density at radius 3 is 2.78 bits per heavy atom. The second-order valence-electron chi connectivity index (χ2n) is 6.79. The Morgan fingerprint density at radius 2 is 2.07 bits per heavy atom. The standard InChI is InChI=1S/C20H21N3O2S2/c1-2-23-18(25)17-15(8-11-26-17)22-19(23)27-12-16(24)21-13-20(9-10-20)14-6-4-3-5-7-14/h3-8,11H,2,9-10,12-13H2,1H3,(H,21,24). The van der Waals surface area contributed by atoms with Gasteiger partial charge in [-0.1, -0.05) is 42.1 Å². The fraction of sp³-hybridized carbons (Fsp3) is 0.350. The van der Waals surface area contributed by atoms with Gasteiger partial charge in [0.05, 0.1) is 11.3 Å². The van der Waals surface area contributed by atoms with Gasteiger partial charge in [0.2, 0.25) is 5.91 Å². The van der Waals surface area contributed by atoms with E-state index in [1.54, 1.807) is 4.57 Å². The van der Waals surface area contributed by atoms with Crippen LogP contribution < -0.4 is 10.9 Å². The molecule has 1 fully saturated rings. The summed E-state index contributed by atoms with van der Waals surface area (Å²) < 4.78 is 2.31. The van der Waals surface area contributed by atoms with Gasteiger partial charge in [-0.25, -0.2) is 4.98 Å². The first-order valence-electron chi connectivity index (χ1n) is 9.06. The number of aromatic nitrogens is 2. The van der Waals surface area contributed by atoms with E-state index in [0.717, 1.165) is 12.8 Å². The van der Waals surface area contributed by atoms with Crippen molar-refractivity contribution in [1.29, 1.82) is 0 Å². The Morgan fingerprint density at radius 1 is 1.30 bits per heavy atom. The lowest BCUT2D eigenvalue weighted by atomic mass is 9.96. The highest BCUT2D eigenvalue weighted by molar-refractivity contribution is 7.99. The van der Waals surface area contributed by atoms with Crippen molar-refractivity contribution in [1.82, 2.24) is 14.9 Å². The number of nitrogens with zero attached hydrogens (tertiary/aromatic N) is 2. The molecule has 1 aliphatic rings. The van der Waals surface area contributed by atoms with E-state index in [1.807, 2.05) is 36.6 Å². The number of nitrogens with one attached hydrogen (secondary N) is 1. The zero-order valence-electron chi connectivity index (χ0n) is 15.1. The maximum atomic E-state index is 12.5. The maximum absolute atomic E-state index is 12.5. The zero-order chi connectivity index (χ0) is 18.9. The molecule has 1 aromatic carbocycles. The molecule has 1 saturated carbocycles. The molecule has 1 amide bonds. The first-order chi connectivity index (χ1) is 13.1. The maximum Gasteiger partial charge on any atom is 0.272 e. The molecule has 5 nitrogen and oxygen atoms in total. The van der Waals surface area contributed by atoms with E-state index in [-0.39, 0.29) is 22.6 Å². The van der Waals surface area contributed by atoms with Crippen molar-refractivity contribution >= 4 is 39.2 Å². The summed E-state index contributed by atoms with van der Waals surface area (Å²) in [4.78, 5) is 29.5. The number of amides is 1. The second-order valence-corrected chi connectivity index (χ2v) is 8.65. The predicted molar refractivity (Wildman–Crippen MR) is 111 cm³/mol. The first-order valence-corrected chi connectivity index (χ1v) is 10.9. The number of hydrogen-bond acceptors (Lipinski definition) is 5. The van der Waals surface area contributed by atoms with E-state index < -0.39 is 0 Å². The van der Waals surface area contributed by atoms with Crippen molar-refractivity contribution in [2.45, 2.75) is 36.9 Å². The van der Waals surface area contributed by atoms with E-state index in [1.165, 1.54) is 28.7 Å². The first kappa shape index (κ1) is 18.3. The van der Waals surface area contributed by atoms with Gasteiger partial charge in [0.25, 0.3) is 5.56 Å². The Balaban J connectivity index is 1.40. The van der Waals surface area contributed by atoms with Gasteiger partial charge >= 0.3 is 0 Å². The highest BCUT2D eigenvalue weighted by Gasteiger charge is 2.44. The van der Waals surface area contributed by atoms with Gasteiger partial charge in [-0.05, 0) is 36.8 Å². The summed E-state index contributed by atoms with van der Waals surface area (Å²) in [7, 11) is 0. The van der Waals surface area contributed by atoms with Crippen LogP contribution in [0.4, 0.5) is 0 Å². The average Bonchev–Trinajstić information content (AvgIpc) is 3.34. The van der Waals surface area contributed by atoms with Gasteiger partial charge in [0.15, 0.2) is 5.16 Å². The topological polar surface area (TPSA) is 64.0 Å². The molecular weight excluding hydrogens is 378 g/mol. The van der Waals surface area contributed by atoms with E-state index >= 15 is 0 Å². The van der Waals surface area contributed by atoms with Crippen molar-refractivity contribution in [2.24, 2.45) is 0 Å². The summed E-state index contributed by atoms with van der Waals surface area (Å²) in [5, 5.41) is 5.54. The van der Waals surface area contributed by atoms with Crippen LogP contribution in [0.1, 0.15) is 25.3 Å². The summed E-state index contributed by atoms with van der Waals surface area (Å²) in [5.74, 6) is 0.233. The van der Waals surface area contributed by atoms with Gasteiger partial charge < -0.3 is 5.32 Å². The van der Waals surface area contributed by atoms with Crippen LogP contribution in [0.2, 0.25) is 0 Å². The Kier molecular flexibility index (Phi) is 5.06. The number of hydrogen-bond donors (Lipinski definition) is 1. The molecule has 140 valence electrons. The number of carbonyl (C=O) groups is 1. The van der Waals surface area contributed by atoms with Crippen molar-refractivity contribution in [3.8, 4) is 0 Å². The van der Waals surface area contributed by atoms with Crippen LogP contribution in [0.25, 0.3) is 10.2 Å². The van der Waals surface area contributed by atoms with Crippen molar-refractivity contribution < 1.29 is 4.79 Å². The summed E-state index contributed by atoms with van der Waals surface area (Å²) in [6, 6.07) is 12.2. The van der Waals surface area contributed by atoms with Gasteiger partial charge in [-0.2, -0.15) is 0 Å². The molecule has 0 radical (unpaired) electrons. The fourth-order valence-corrected chi connectivity index (χ4v) is 4.94. The van der Waals surface area contributed by atoms with Gasteiger partial charge in [0, 0.05) is 18.5 Å². The number of fused-ring (bicyclic) bond motifs is 1. The van der Waals surface area contributed by atoms with E-state index in [2.05, 4.69) is 22.4 Å². The highest BCUT2D eigenvalue weighted by atomic mass is 32.2. The molecule has 2 aromatic heterocycles. The molecule has 27 heavy (non-hydrogen) atoms. The molecular formula is C20H21N3O2S2. The Bertz CT molecular complexity index is 1020. The Labute approximate surface area is 165 Å². The molecule has 0 saturated heterocycles. The summed E-state index contributed by atoms with van der Waals surface area (Å²) >= 11 is 2.73. The zero-order valence-corrected chi connectivity index (χ0v) is 16.7. The smallest absolute Gasteiger partial charge is 0.272 e. The number of carbonyl (C=O) groups excluding carboxylic acids is 1. The monoisotopic (exact) mass is 399 g/mol. The lowest BCUT2D eigenvalue weighted by molar-refractivity contribution is -0.118. The predicted octanol–water partition coefficient (Wildman–Crippen LogP) is 3.42. The van der Waals surface area contributed by atoms with Crippen LogP contribution in [0.5, 0.6) is 0 Å². The third-order valence-electron chi connectivity index (χ3n) is 5.04. The lowest BCUT2D eigenvalue weighted by Gasteiger charge is -2.16. The van der Waals surface area contributed by atoms with E-state index in [0.29, 0.717) is 28.5 Å². The molecule has 2 heterocycles. The van der Waals surface area contributed by atoms with Crippen LogP contribution in [-0.2, 0) is 16.8 Å². The van der Waals surface area contributed by atoms with Gasteiger partial charge in [0.1, 0.15) is 4.70 Å². The van der Waals surface area contributed by atoms with E-state index in [9.17, 15) is 9.59 Å². The normalized spacial score (nSPS) is 15.0. The molecule has 0 unspecified atom stereocenters. The lowest BCUT2D eigenvalue weighted by Crippen LogP contribution is -2.33. The minimum absolute atomic E-state index is 0.0236. The average molecular weight is 400 g/mol. The summed E-state index contributed by atoms with van der Waals surface area (Å²) in [5.41, 5.74) is 2.07. The molecule has 0 atom stereocenters. The fourth-order valence-electron chi connectivity index (χ4n) is 3.27. The molecule has 0 aliphatic heterocycles. The van der Waals surface area contributed by atoms with Crippen LogP contribution in [-0.4, -0.2) is 27.8 Å². The largest absolute Gasteiger partial charge is 0.354 e. The molecule has 0 bridgehead atoms. The van der Waals surface area contributed by atoms with Crippen molar-refractivity contribution in [3.63, 3.8) is 0 Å². The number of thioether (sulfide) groups is 1. The molecule has 4 rings (SSSR count). The Hall–Kier alpha value is -2.12. The third kappa shape index (κ3) is 3.66. The number of benzene rings is 1. The second kappa shape index (κ2) is 7.48. The minimum Gasteiger partial charge on any atom is -0.354 e. The van der Waals surface area contributed by atoms with Crippen molar-refractivity contribution in [3.05, 3.63) is 57.7 Å². The van der Waals surface area contributed by atoms with Crippen molar-refractivity contribution in [2.75, 3.05) is 12.3 Å². The van der Waals surface area contributed by atoms with Crippen LogP contribution in [0.3, 0.4) is 0 Å². The molecule has 7 heteroatoms. The molecule has 3 aromatic rings. The third-order valence-corrected chi connectivity index (χ3v) is 6.91. The molecule has 1 aliphatic carbocycles. The molecule has 1 N–H and O–H groups in total. The van der Waals surface area contributed by atoms with Gasteiger partial charge in [-0.3, -0.25) is 14.2 Å². The number of thiophene rings is 1. The van der Waals surface area contributed by atoms with Crippen LogP contribution in [0.15, 0.2) is 51.7 Å². The SMILES string of the molecule is CCn1c(SCC(=O)NCC2(c3ccccc3)CC2)nc2ccsc2c1=O. The van der Waals surface area contributed by atoms with E-state index in [4.69, 9.17) is 0 Å². The van der Waals surface area contributed by atoms with Crippen LogP contribution in [0, 0.1) is 0 Å². The number of rotatable bonds is 7. The molecule has 0 spiro atoms. The minimum atomic E-state index is -0.0265. The summed E-state index contributed by atoms with van der Waals surface area (Å²) in [6.07, 6.45) is 2.21.